The lowest BCUT2D eigenvalue weighted by Gasteiger charge is -2.11. The van der Waals surface area contributed by atoms with E-state index in [9.17, 15) is 9.59 Å². The third-order valence-electron chi connectivity index (χ3n) is 4.01. The van der Waals surface area contributed by atoms with Crippen molar-refractivity contribution in [2.24, 2.45) is 0 Å². The number of para-hydroxylation sites is 1. The fourth-order valence-electron chi connectivity index (χ4n) is 2.54. The minimum atomic E-state index is -0.596. The van der Waals surface area contributed by atoms with Crippen molar-refractivity contribution in [1.82, 2.24) is 0 Å². The topological polar surface area (TPSA) is 61.8 Å². The summed E-state index contributed by atoms with van der Waals surface area (Å²) in [7, 11) is 0. The van der Waals surface area contributed by atoms with E-state index in [1.165, 1.54) is 0 Å². The van der Waals surface area contributed by atoms with Crippen LogP contribution in [0.4, 0.5) is 0 Å². The van der Waals surface area contributed by atoms with Gasteiger partial charge in [0.05, 0.1) is 22.8 Å². The van der Waals surface area contributed by atoms with Crippen molar-refractivity contribution < 1.29 is 23.8 Å². The van der Waals surface area contributed by atoms with Gasteiger partial charge in [0.25, 0.3) is 0 Å². The lowest BCUT2D eigenvalue weighted by atomic mass is 10.1. The van der Waals surface area contributed by atoms with Gasteiger partial charge >= 0.3 is 11.9 Å². The Kier molecular flexibility index (Phi) is 9.35. The number of hydrogen-bond acceptors (Lipinski definition) is 5. The van der Waals surface area contributed by atoms with E-state index < -0.39 is 11.9 Å². The molecule has 0 spiro atoms. The lowest BCUT2D eigenvalue weighted by molar-refractivity contribution is 0.0422. The zero-order valence-electron chi connectivity index (χ0n) is 16.0. The van der Waals surface area contributed by atoms with Gasteiger partial charge in [-0.2, -0.15) is 0 Å². The van der Waals surface area contributed by atoms with Crippen LogP contribution in [0, 0.1) is 0 Å². The van der Waals surface area contributed by atoms with Gasteiger partial charge in [-0.05, 0) is 30.7 Å². The maximum absolute atomic E-state index is 12.4. The number of rotatable bonds is 11. The predicted molar refractivity (Wildman–Crippen MR) is 108 cm³/mol. The second-order valence-corrected chi connectivity index (χ2v) is 6.56. The van der Waals surface area contributed by atoms with Gasteiger partial charge in [0.2, 0.25) is 0 Å². The molecule has 0 aliphatic heterocycles. The Morgan fingerprint density at radius 1 is 0.786 bits per heavy atom. The van der Waals surface area contributed by atoms with E-state index in [-0.39, 0.29) is 24.3 Å². The highest BCUT2D eigenvalue weighted by atomic mass is 35.5. The van der Waals surface area contributed by atoms with Crippen molar-refractivity contribution in [3.05, 3.63) is 64.7 Å². The summed E-state index contributed by atoms with van der Waals surface area (Å²) in [5, 5.41) is 0.487. The zero-order valence-corrected chi connectivity index (χ0v) is 16.7. The Morgan fingerprint density at radius 2 is 1.39 bits per heavy atom. The highest BCUT2D eigenvalue weighted by molar-refractivity contribution is 6.32. The summed E-state index contributed by atoms with van der Waals surface area (Å²) in [4.78, 5) is 24.6. The van der Waals surface area contributed by atoms with Crippen molar-refractivity contribution in [2.45, 2.75) is 32.6 Å². The molecule has 2 rings (SSSR count). The van der Waals surface area contributed by atoms with E-state index in [4.69, 9.17) is 25.8 Å². The van der Waals surface area contributed by atoms with Crippen molar-refractivity contribution in [2.75, 3.05) is 19.8 Å². The fourth-order valence-corrected chi connectivity index (χ4v) is 2.73. The molecule has 0 bridgehead atoms. The normalized spacial score (nSPS) is 10.4. The number of hydrogen-bond donors (Lipinski definition) is 0. The Labute approximate surface area is 170 Å². The smallest absolute Gasteiger partial charge is 0.339 e. The SMILES string of the molecule is CCCCCCOC(=O)c1ccccc1C(=O)OCCOc1ccccc1Cl. The maximum Gasteiger partial charge on any atom is 0.339 e. The summed E-state index contributed by atoms with van der Waals surface area (Å²) in [5.74, 6) is -0.593. The molecule has 150 valence electrons. The molecule has 0 saturated heterocycles. The highest BCUT2D eigenvalue weighted by Gasteiger charge is 2.19. The van der Waals surface area contributed by atoms with Crippen LogP contribution in [0.25, 0.3) is 0 Å². The first-order chi connectivity index (χ1) is 13.6. The number of ether oxygens (including phenoxy) is 3. The molecule has 0 saturated carbocycles. The van der Waals surface area contributed by atoms with Gasteiger partial charge in [0.15, 0.2) is 0 Å². The van der Waals surface area contributed by atoms with Crippen LogP contribution in [-0.2, 0) is 9.47 Å². The van der Waals surface area contributed by atoms with Crippen LogP contribution in [0.5, 0.6) is 5.75 Å². The molecule has 2 aromatic rings. The van der Waals surface area contributed by atoms with Gasteiger partial charge < -0.3 is 14.2 Å². The number of halogens is 1. The minimum Gasteiger partial charge on any atom is -0.488 e. The van der Waals surface area contributed by atoms with Gasteiger partial charge in [-0.15, -0.1) is 0 Å². The molecular formula is C22H25ClO5. The molecule has 0 radical (unpaired) electrons. The Bertz CT molecular complexity index is 775. The molecule has 6 heteroatoms. The molecule has 28 heavy (non-hydrogen) atoms. The average Bonchev–Trinajstić information content (AvgIpc) is 2.72. The summed E-state index contributed by atoms with van der Waals surface area (Å²) in [6, 6.07) is 13.5. The van der Waals surface area contributed by atoms with Gasteiger partial charge in [-0.1, -0.05) is 62.1 Å². The Morgan fingerprint density at radius 3 is 2.04 bits per heavy atom. The number of unbranched alkanes of at least 4 members (excludes halogenated alkanes) is 3. The van der Waals surface area contributed by atoms with Crippen LogP contribution in [0.2, 0.25) is 5.02 Å². The first kappa shape index (κ1) is 21.8. The monoisotopic (exact) mass is 404 g/mol. The Hall–Kier alpha value is -2.53. The number of esters is 2. The number of carbonyl (C=O) groups is 2. The fraction of sp³-hybridized carbons (Fsp3) is 0.364. The minimum absolute atomic E-state index is 0.0322. The quantitative estimate of drug-likeness (QED) is 0.375. The van der Waals surface area contributed by atoms with Crippen LogP contribution in [-0.4, -0.2) is 31.8 Å². The summed E-state index contributed by atoms with van der Waals surface area (Å²) in [6.45, 7) is 2.64. The molecule has 0 aliphatic rings. The van der Waals surface area contributed by atoms with E-state index in [2.05, 4.69) is 6.92 Å². The standard InChI is InChI=1S/C22H25ClO5/c1-2-3-4-9-14-27-21(24)17-10-5-6-11-18(17)22(25)28-16-15-26-20-13-8-7-12-19(20)23/h5-8,10-13H,2-4,9,14-16H2,1H3. The molecule has 0 heterocycles. The first-order valence-corrected chi connectivity index (χ1v) is 9.82. The van der Waals surface area contributed by atoms with E-state index in [0.29, 0.717) is 17.4 Å². The summed E-state index contributed by atoms with van der Waals surface area (Å²) < 4.78 is 16.0. The first-order valence-electron chi connectivity index (χ1n) is 9.44. The van der Waals surface area contributed by atoms with Crippen molar-refractivity contribution in [3.63, 3.8) is 0 Å². The molecular weight excluding hydrogens is 380 g/mol. The summed E-state index contributed by atoms with van der Waals surface area (Å²) >= 11 is 6.00. The van der Waals surface area contributed by atoms with Crippen LogP contribution in [0.1, 0.15) is 53.3 Å². The maximum atomic E-state index is 12.4. The van der Waals surface area contributed by atoms with Gasteiger partial charge in [-0.3, -0.25) is 0 Å². The largest absolute Gasteiger partial charge is 0.488 e. The van der Waals surface area contributed by atoms with E-state index >= 15 is 0 Å². The molecule has 0 atom stereocenters. The second-order valence-electron chi connectivity index (χ2n) is 6.16. The van der Waals surface area contributed by atoms with E-state index in [1.54, 1.807) is 48.5 Å². The summed E-state index contributed by atoms with van der Waals surface area (Å²) in [5.41, 5.74) is 0.383. The lowest BCUT2D eigenvalue weighted by Crippen LogP contribution is -2.17. The molecule has 0 aliphatic carbocycles. The van der Waals surface area contributed by atoms with Crippen LogP contribution < -0.4 is 4.74 Å². The number of benzene rings is 2. The van der Waals surface area contributed by atoms with Crippen molar-refractivity contribution >= 4 is 23.5 Å². The van der Waals surface area contributed by atoms with E-state index in [0.717, 1.165) is 25.7 Å². The highest BCUT2D eigenvalue weighted by Crippen LogP contribution is 2.22. The molecule has 0 unspecified atom stereocenters. The van der Waals surface area contributed by atoms with Crippen LogP contribution in [0.3, 0.4) is 0 Å². The molecule has 0 N–H and O–H groups in total. The molecule has 5 nitrogen and oxygen atoms in total. The zero-order chi connectivity index (χ0) is 20.2. The Balaban J connectivity index is 1.84. The van der Waals surface area contributed by atoms with E-state index in [1.807, 2.05) is 0 Å². The van der Waals surface area contributed by atoms with Crippen LogP contribution >= 0.6 is 11.6 Å². The third kappa shape index (κ3) is 6.89. The van der Waals surface area contributed by atoms with Gasteiger partial charge in [-0.25, -0.2) is 9.59 Å². The molecule has 0 amide bonds. The van der Waals surface area contributed by atoms with Crippen molar-refractivity contribution in [3.8, 4) is 5.75 Å². The van der Waals surface area contributed by atoms with Crippen molar-refractivity contribution in [1.29, 1.82) is 0 Å². The van der Waals surface area contributed by atoms with Gasteiger partial charge in [0, 0.05) is 0 Å². The average molecular weight is 405 g/mol. The molecule has 0 aromatic heterocycles. The summed E-state index contributed by atoms with van der Waals surface area (Å²) in [6.07, 6.45) is 4.05. The predicted octanol–water partition coefficient (Wildman–Crippen LogP) is 5.31. The second kappa shape index (κ2) is 12.0. The van der Waals surface area contributed by atoms with Gasteiger partial charge in [0.1, 0.15) is 19.0 Å². The van der Waals surface area contributed by atoms with Crippen LogP contribution in [0.15, 0.2) is 48.5 Å². The molecule has 2 aromatic carbocycles. The molecule has 0 fully saturated rings. The third-order valence-corrected chi connectivity index (χ3v) is 4.32. The number of carbonyl (C=O) groups excluding carboxylic acids is 2.